The van der Waals surface area contributed by atoms with Gasteiger partial charge in [0, 0.05) is 18.7 Å². The summed E-state index contributed by atoms with van der Waals surface area (Å²) in [5.41, 5.74) is 1.23. The molecule has 132 valence electrons. The van der Waals surface area contributed by atoms with Gasteiger partial charge in [-0.25, -0.2) is 0 Å². The maximum Gasteiger partial charge on any atom is 0.153 e. The SMILES string of the molecule is c1ccc(OC2CCN(c3ccccc3)CC2Oc2ccccc2)cc1. The van der Waals surface area contributed by atoms with Crippen molar-refractivity contribution in [2.75, 3.05) is 18.0 Å². The zero-order valence-electron chi connectivity index (χ0n) is 14.7. The molecule has 4 rings (SSSR count). The van der Waals surface area contributed by atoms with Gasteiger partial charge >= 0.3 is 0 Å². The maximum atomic E-state index is 6.33. The Bertz CT molecular complexity index is 792. The van der Waals surface area contributed by atoms with Crippen LogP contribution in [0.4, 0.5) is 5.69 Å². The van der Waals surface area contributed by atoms with Gasteiger partial charge in [-0.2, -0.15) is 0 Å². The predicted molar refractivity (Wildman–Crippen MR) is 105 cm³/mol. The fourth-order valence-electron chi connectivity index (χ4n) is 3.36. The predicted octanol–water partition coefficient (Wildman–Crippen LogP) is 4.79. The fraction of sp³-hybridized carbons (Fsp3) is 0.217. The van der Waals surface area contributed by atoms with E-state index in [-0.39, 0.29) is 12.2 Å². The van der Waals surface area contributed by atoms with E-state index in [1.807, 2.05) is 66.7 Å². The molecule has 0 radical (unpaired) electrons. The van der Waals surface area contributed by atoms with E-state index < -0.39 is 0 Å². The Hall–Kier alpha value is -2.94. The summed E-state index contributed by atoms with van der Waals surface area (Å²) in [5.74, 6) is 1.78. The third-order valence-electron chi connectivity index (χ3n) is 4.68. The number of ether oxygens (including phenoxy) is 2. The van der Waals surface area contributed by atoms with Gasteiger partial charge in [0.25, 0.3) is 0 Å². The largest absolute Gasteiger partial charge is 0.486 e. The Morgan fingerprint density at radius 3 is 1.69 bits per heavy atom. The number of hydrogen-bond donors (Lipinski definition) is 0. The second-order valence-corrected chi connectivity index (χ2v) is 6.51. The zero-order chi connectivity index (χ0) is 17.6. The minimum atomic E-state index is -0.0356. The summed E-state index contributed by atoms with van der Waals surface area (Å²) in [6.07, 6.45) is 0.908. The lowest BCUT2D eigenvalue weighted by atomic mass is 10.0. The van der Waals surface area contributed by atoms with Crippen molar-refractivity contribution in [1.82, 2.24) is 0 Å². The van der Waals surface area contributed by atoms with Crippen LogP contribution in [-0.4, -0.2) is 25.3 Å². The molecule has 0 aliphatic carbocycles. The smallest absolute Gasteiger partial charge is 0.153 e. The van der Waals surface area contributed by atoms with Crippen LogP contribution in [0.5, 0.6) is 11.5 Å². The molecular weight excluding hydrogens is 322 g/mol. The summed E-state index contributed by atoms with van der Waals surface area (Å²) in [7, 11) is 0. The first kappa shape index (κ1) is 16.5. The number of para-hydroxylation sites is 3. The summed E-state index contributed by atoms with van der Waals surface area (Å²) < 4.78 is 12.6. The Labute approximate surface area is 154 Å². The van der Waals surface area contributed by atoms with Gasteiger partial charge in [0.05, 0.1) is 6.54 Å². The van der Waals surface area contributed by atoms with Crippen LogP contribution >= 0.6 is 0 Å². The van der Waals surface area contributed by atoms with E-state index in [2.05, 4.69) is 29.2 Å². The second kappa shape index (κ2) is 7.96. The standard InChI is InChI=1S/C23H23NO2/c1-4-10-19(11-5-1)24-17-16-22(25-20-12-6-2-7-13-20)23(18-24)26-21-14-8-3-9-15-21/h1-15,22-23H,16-18H2. The molecule has 3 aromatic carbocycles. The quantitative estimate of drug-likeness (QED) is 0.663. The van der Waals surface area contributed by atoms with Gasteiger partial charge in [-0.05, 0) is 36.4 Å². The van der Waals surface area contributed by atoms with Crippen LogP contribution < -0.4 is 14.4 Å². The highest BCUT2D eigenvalue weighted by atomic mass is 16.5. The van der Waals surface area contributed by atoms with Gasteiger partial charge in [0.1, 0.15) is 17.6 Å². The van der Waals surface area contributed by atoms with E-state index in [0.717, 1.165) is 31.0 Å². The Morgan fingerprint density at radius 1 is 0.615 bits per heavy atom. The highest BCUT2D eigenvalue weighted by Crippen LogP contribution is 2.26. The molecule has 26 heavy (non-hydrogen) atoms. The van der Waals surface area contributed by atoms with Crippen molar-refractivity contribution in [2.24, 2.45) is 0 Å². The fourth-order valence-corrected chi connectivity index (χ4v) is 3.36. The number of piperidine rings is 1. The monoisotopic (exact) mass is 345 g/mol. The summed E-state index contributed by atoms with van der Waals surface area (Å²) in [6.45, 7) is 1.76. The van der Waals surface area contributed by atoms with Crippen LogP contribution in [0.3, 0.4) is 0 Å². The molecule has 1 heterocycles. The van der Waals surface area contributed by atoms with Gasteiger partial charge in [-0.15, -0.1) is 0 Å². The van der Waals surface area contributed by atoms with Gasteiger partial charge in [-0.1, -0.05) is 54.6 Å². The first-order valence-corrected chi connectivity index (χ1v) is 9.12. The average molecular weight is 345 g/mol. The molecule has 1 aliphatic heterocycles. The topological polar surface area (TPSA) is 21.7 Å². The average Bonchev–Trinajstić information content (AvgIpc) is 2.71. The van der Waals surface area contributed by atoms with Gasteiger partial charge in [-0.3, -0.25) is 0 Å². The normalized spacial score (nSPS) is 19.8. The Kier molecular flexibility index (Phi) is 5.06. The van der Waals surface area contributed by atoms with Crippen molar-refractivity contribution in [1.29, 1.82) is 0 Å². The van der Waals surface area contributed by atoms with Gasteiger partial charge in [0.15, 0.2) is 6.10 Å². The van der Waals surface area contributed by atoms with Crippen LogP contribution in [0.25, 0.3) is 0 Å². The van der Waals surface area contributed by atoms with E-state index in [1.54, 1.807) is 0 Å². The number of nitrogens with zero attached hydrogens (tertiary/aromatic N) is 1. The van der Waals surface area contributed by atoms with Crippen molar-refractivity contribution >= 4 is 5.69 Å². The van der Waals surface area contributed by atoms with Crippen LogP contribution in [0, 0.1) is 0 Å². The molecule has 1 aliphatic rings. The van der Waals surface area contributed by atoms with Crippen molar-refractivity contribution in [3.63, 3.8) is 0 Å². The molecule has 0 N–H and O–H groups in total. The van der Waals surface area contributed by atoms with Crippen LogP contribution in [0.2, 0.25) is 0 Å². The van der Waals surface area contributed by atoms with E-state index in [0.29, 0.717) is 0 Å². The first-order chi connectivity index (χ1) is 12.9. The van der Waals surface area contributed by atoms with Crippen LogP contribution in [-0.2, 0) is 0 Å². The van der Waals surface area contributed by atoms with Crippen molar-refractivity contribution in [3.05, 3.63) is 91.0 Å². The molecule has 1 fully saturated rings. The Morgan fingerprint density at radius 2 is 1.12 bits per heavy atom. The van der Waals surface area contributed by atoms with E-state index in [1.165, 1.54) is 5.69 Å². The number of rotatable bonds is 5. The number of anilines is 1. The molecule has 0 amide bonds. The lowest BCUT2D eigenvalue weighted by Gasteiger charge is -2.39. The lowest BCUT2D eigenvalue weighted by molar-refractivity contribution is 0.0405. The highest BCUT2D eigenvalue weighted by Gasteiger charge is 2.32. The maximum absolute atomic E-state index is 6.33. The number of benzene rings is 3. The van der Waals surface area contributed by atoms with Crippen LogP contribution in [0.15, 0.2) is 91.0 Å². The van der Waals surface area contributed by atoms with E-state index >= 15 is 0 Å². The van der Waals surface area contributed by atoms with Crippen LogP contribution in [0.1, 0.15) is 6.42 Å². The molecule has 1 saturated heterocycles. The van der Waals surface area contributed by atoms with Crippen molar-refractivity contribution in [2.45, 2.75) is 18.6 Å². The molecule has 3 nitrogen and oxygen atoms in total. The minimum absolute atomic E-state index is 0.0255. The minimum Gasteiger partial charge on any atom is -0.486 e. The van der Waals surface area contributed by atoms with E-state index in [9.17, 15) is 0 Å². The van der Waals surface area contributed by atoms with E-state index in [4.69, 9.17) is 9.47 Å². The molecule has 2 atom stereocenters. The molecule has 2 unspecified atom stereocenters. The Balaban J connectivity index is 1.53. The third kappa shape index (κ3) is 3.99. The molecule has 0 bridgehead atoms. The molecule has 0 spiro atoms. The molecular formula is C23H23NO2. The second-order valence-electron chi connectivity index (χ2n) is 6.51. The zero-order valence-corrected chi connectivity index (χ0v) is 14.7. The van der Waals surface area contributed by atoms with Gasteiger partial charge < -0.3 is 14.4 Å². The first-order valence-electron chi connectivity index (χ1n) is 9.12. The van der Waals surface area contributed by atoms with Crippen molar-refractivity contribution < 1.29 is 9.47 Å². The molecule has 0 saturated carbocycles. The lowest BCUT2D eigenvalue weighted by Crippen LogP contribution is -2.52. The molecule has 0 aromatic heterocycles. The number of hydrogen-bond acceptors (Lipinski definition) is 3. The summed E-state index contributed by atoms with van der Waals surface area (Å²) in [6, 6.07) is 30.5. The van der Waals surface area contributed by atoms with Crippen molar-refractivity contribution in [3.8, 4) is 11.5 Å². The van der Waals surface area contributed by atoms with Gasteiger partial charge in [0.2, 0.25) is 0 Å². The summed E-state index contributed by atoms with van der Waals surface area (Å²) in [5, 5.41) is 0. The summed E-state index contributed by atoms with van der Waals surface area (Å²) in [4.78, 5) is 2.37. The summed E-state index contributed by atoms with van der Waals surface area (Å²) >= 11 is 0. The third-order valence-corrected chi connectivity index (χ3v) is 4.68. The molecule has 3 aromatic rings. The molecule has 3 heteroatoms. The highest BCUT2D eigenvalue weighted by molar-refractivity contribution is 5.46.